The van der Waals surface area contributed by atoms with E-state index in [4.69, 9.17) is 4.74 Å². The predicted molar refractivity (Wildman–Crippen MR) is 110 cm³/mol. The van der Waals surface area contributed by atoms with E-state index in [-0.39, 0.29) is 17.9 Å². The Bertz CT molecular complexity index is 905. The summed E-state index contributed by atoms with van der Waals surface area (Å²) in [6.45, 7) is 5.22. The molecule has 2 aromatic rings. The molecular weight excluding hydrogens is 411 g/mol. The number of aromatic nitrogens is 1. The van der Waals surface area contributed by atoms with Crippen molar-refractivity contribution >= 4 is 11.8 Å². The van der Waals surface area contributed by atoms with Gasteiger partial charge in [-0.25, -0.2) is 9.78 Å². The van der Waals surface area contributed by atoms with E-state index in [0.29, 0.717) is 36.6 Å². The highest BCUT2D eigenvalue weighted by atomic mass is 19.4. The van der Waals surface area contributed by atoms with Gasteiger partial charge in [0.05, 0.1) is 6.10 Å². The van der Waals surface area contributed by atoms with Gasteiger partial charge >= 0.3 is 12.3 Å². The molecule has 31 heavy (non-hydrogen) atoms. The van der Waals surface area contributed by atoms with E-state index in [0.717, 1.165) is 6.42 Å². The van der Waals surface area contributed by atoms with Crippen LogP contribution in [0.25, 0.3) is 0 Å². The van der Waals surface area contributed by atoms with E-state index in [1.54, 1.807) is 44.3 Å². The van der Waals surface area contributed by atoms with Gasteiger partial charge in [-0.05, 0) is 38.5 Å². The van der Waals surface area contributed by atoms with Crippen molar-refractivity contribution in [2.75, 3.05) is 25.0 Å². The van der Waals surface area contributed by atoms with Gasteiger partial charge in [-0.3, -0.25) is 4.90 Å². The largest absolute Gasteiger partial charge is 0.573 e. The Balaban J connectivity index is 1.69. The second-order valence-corrected chi connectivity index (χ2v) is 7.77. The molecular formula is C22H26F3N3O3. The Morgan fingerprint density at radius 2 is 2.00 bits per heavy atom. The average molecular weight is 437 g/mol. The standard InChI is InChI=1S/C22H26F3N3O3/c1-15(2)30-21(29)18-8-6-11-26-20(18)27(3)17-10-12-28(14-17)13-16-7-4-5-9-19(16)31-22(23,24)25/h4-9,11,15,17H,10,12-14H2,1-3H3. The second-order valence-electron chi connectivity index (χ2n) is 7.77. The highest BCUT2D eigenvalue weighted by Crippen LogP contribution is 2.29. The van der Waals surface area contributed by atoms with Gasteiger partial charge in [0.25, 0.3) is 0 Å². The topological polar surface area (TPSA) is 54.9 Å². The van der Waals surface area contributed by atoms with Crippen molar-refractivity contribution in [3.8, 4) is 5.75 Å². The van der Waals surface area contributed by atoms with Crippen molar-refractivity contribution in [2.24, 2.45) is 0 Å². The minimum atomic E-state index is -4.73. The summed E-state index contributed by atoms with van der Waals surface area (Å²) >= 11 is 0. The van der Waals surface area contributed by atoms with Gasteiger partial charge in [-0.1, -0.05) is 18.2 Å². The molecule has 0 N–H and O–H groups in total. The summed E-state index contributed by atoms with van der Waals surface area (Å²) in [5.74, 6) is -0.0888. The van der Waals surface area contributed by atoms with Crippen LogP contribution in [0.5, 0.6) is 5.75 Å². The summed E-state index contributed by atoms with van der Waals surface area (Å²) in [5, 5.41) is 0. The first kappa shape index (κ1) is 22.9. The number of esters is 1. The first-order chi connectivity index (χ1) is 14.6. The molecule has 1 fully saturated rings. The fourth-order valence-electron chi connectivity index (χ4n) is 3.66. The number of alkyl halides is 3. The zero-order chi connectivity index (χ0) is 22.6. The van der Waals surface area contributed by atoms with Crippen molar-refractivity contribution in [3.63, 3.8) is 0 Å². The van der Waals surface area contributed by atoms with Crippen LogP contribution >= 0.6 is 0 Å². The zero-order valence-electron chi connectivity index (χ0n) is 17.7. The quantitative estimate of drug-likeness (QED) is 0.604. The van der Waals surface area contributed by atoms with Crippen LogP contribution in [0.15, 0.2) is 42.6 Å². The highest BCUT2D eigenvalue weighted by Gasteiger charge is 2.33. The summed E-state index contributed by atoms with van der Waals surface area (Å²) in [5.41, 5.74) is 0.864. The predicted octanol–water partition coefficient (Wildman–Crippen LogP) is 4.26. The van der Waals surface area contributed by atoms with Crippen LogP contribution in [0.4, 0.5) is 19.0 Å². The summed E-state index contributed by atoms with van der Waals surface area (Å²) in [6.07, 6.45) is -2.57. The number of anilines is 1. The zero-order valence-corrected chi connectivity index (χ0v) is 17.7. The number of ether oxygens (including phenoxy) is 2. The molecule has 1 aliphatic heterocycles. The summed E-state index contributed by atoms with van der Waals surface area (Å²) < 4.78 is 47.5. The fraction of sp³-hybridized carbons (Fsp3) is 0.455. The number of carbonyl (C=O) groups excluding carboxylic acids is 1. The van der Waals surface area contributed by atoms with Gasteiger partial charge in [0, 0.05) is 44.5 Å². The first-order valence-electron chi connectivity index (χ1n) is 10.1. The molecule has 1 unspecified atom stereocenters. The summed E-state index contributed by atoms with van der Waals surface area (Å²) in [4.78, 5) is 20.8. The molecule has 1 atom stereocenters. The molecule has 3 rings (SSSR count). The minimum absolute atomic E-state index is 0.0520. The van der Waals surface area contributed by atoms with Crippen molar-refractivity contribution in [3.05, 3.63) is 53.7 Å². The third-order valence-corrected chi connectivity index (χ3v) is 5.07. The first-order valence-corrected chi connectivity index (χ1v) is 10.1. The molecule has 168 valence electrons. The molecule has 1 aliphatic rings. The number of carbonyl (C=O) groups is 1. The molecule has 0 spiro atoms. The Hall–Kier alpha value is -2.81. The molecule has 9 heteroatoms. The minimum Gasteiger partial charge on any atom is -0.459 e. The Morgan fingerprint density at radius 1 is 1.26 bits per heavy atom. The summed E-state index contributed by atoms with van der Waals surface area (Å²) in [6, 6.07) is 9.59. The third-order valence-electron chi connectivity index (χ3n) is 5.07. The van der Waals surface area contributed by atoms with Crippen LogP contribution in [-0.2, 0) is 11.3 Å². The number of hydrogen-bond donors (Lipinski definition) is 0. The Kier molecular flexibility index (Phi) is 7.04. The summed E-state index contributed by atoms with van der Waals surface area (Å²) in [7, 11) is 1.86. The van der Waals surface area contributed by atoms with E-state index in [2.05, 4.69) is 14.6 Å². The number of likely N-dealkylation sites (tertiary alicyclic amines) is 1. The molecule has 1 aromatic heterocycles. The average Bonchev–Trinajstić information content (AvgIpc) is 3.16. The van der Waals surface area contributed by atoms with E-state index < -0.39 is 12.3 Å². The van der Waals surface area contributed by atoms with Gasteiger partial charge in [-0.15, -0.1) is 13.2 Å². The molecule has 2 heterocycles. The molecule has 0 radical (unpaired) electrons. The molecule has 0 amide bonds. The maximum Gasteiger partial charge on any atom is 0.573 e. The van der Waals surface area contributed by atoms with Crippen molar-refractivity contribution < 1.29 is 27.4 Å². The monoisotopic (exact) mass is 437 g/mol. The number of nitrogens with zero attached hydrogens (tertiary/aromatic N) is 3. The van der Waals surface area contributed by atoms with Crippen molar-refractivity contribution in [2.45, 2.75) is 45.3 Å². The van der Waals surface area contributed by atoms with Crippen LogP contribution in [0, 0.1) is 0 Å². The number of likely N-dealkylation sites (N-methyl/N-ethyl adjacent to an activating group) is 1. The number of halogens is 3. The molecule has 1 aromatic carbocycles. The highest BCUT2D eigenvalue weighted by molar-refractivity contribution is 5.94. The normalized spacial score (nSPS) is 17.1. The van der Waals surface area contributed by atoms with E-state index in [1.165, 1.54) is 12.1 Å². The van der Waals surface area contributed by atoms with Crippen LogP contribution in [0.1, 0.15) is 36.2 Å². The lowest BCUT2D eigenvalue weighted by Crippen LogP contribution is -2.36. The van der Waals surface area contributed by atoms with Crippen molar-refractivity contribution in [1.29, 1.82) is 0 Å². The number of para-hydroxylation sites is 1. The molecule has 0 bridgehead atoms. The van der Waals surface area contributed by atoms with Gasteiger partial charge in [-0.2, -0.15) is 0 Å². The van der Waals surface area contributed by atoms with Crippen LogP contribution in [0.2, 0.25) is 0 Å². The van der Waals surface area contributed by atoms with E-state index in [9.17, 15) is 18.0 Å². The van der Waals surface area contributed by atoms with E-state index in [1.807, 2.05) is 11.9 Å². The molecule has 1 saturated heterocycles. The second kappa shape index (κ2) is 9.55. The van der Waals surface area contributed by atoms with Gasteiger partial charge < -0.3 is 14.4 Å². The van der Waals surface area contributed by atoms with E-state index >= 15 is 0 Å². The van der Waals surface area contributed by atoms with Crippen LogP contribution < -0.4 is 9.64 Å². The number of pyridine rings is 1. The Morgan fingerprint density at radius 3 is 2.71 bits per heavy atom. The number of benzene rings is 1. The van der Waals surface area contributed by atoms with Crippen LogP contribution in [-0.4, -0.2) is 54.5 Å². The van der Waals surface area contributed by atoms with Crippen molar-refractivity contribution in [1.82, 2.24) is 9.88 Å². The number of hydrogen-bond acceptors (Lipinski definition) is 6. The number of rotatable bonds is 7. The van der Waals surface area contributed by atoms with Gasteiger partial charge in [0.15, 0.2) is 0 Å². The maximum absolute atomic E-state index is 12.7. The van der Waals surface area contributed by atoms with Gasteiger partial charge in [0.2, 0.25) is 0 Å². The lowest BCUT2D eigenvalue weighted by atomic mass is 10.2. The smallest absolute Gasteiger partial charge is 0.459 e. The lowest BCUT2D eigenvalue weighted by molar-refractivity contribution is -0.275. The maximum atomic E-state index is 12.7. The fourth-order valence-corrected chi connectivity index (χ4v) is 3.66. The van der Waals surface area contributed by atoms with Gasteiger partial charge in [0.1, 0.15) is 17.1 Å². The molecule has 6 nitrogen and oxygen atoms in total. The van der Waals surface area contributed by atoms with Crippen LogP contribution in [0.3, 0.4) is 0 Å². The Labute approximate surface area is 179 Å². The third kappa shape index (κ3) is 6.10. The SMILES string of the molecule is CC(C)OC(=O)c1cccnc1N(C)C1CCN(Cc2ccccc2OC(F)(F)F)C1. The molecule has 0 aliphatic carbocycles. The molecule has 0 saturated carbocycles. The lowest BCUT2D eigenvalue weighted by Gasteiger charge is -2.27.